The van der Waals surface area contributed by atoms with E-state index in [0.717, 1.165) is 41.5 Å². The maximum absolute atomic E-state index is 12.9. The molecule has 0 radical (unpaired) electrons. The van der Waals surface area contributed by atoms with Crippen LogP contribution in [0.1, 0.15) is 46.7 Å². The smallest absolute Gasteiger partial charge is 0.411 e. The van der Waals surface area contributed by atoms with Crippen LogP contribution in [0.25, 0.3) is 11.1 Å². The van der Waals surface area contributed by atoms with Crippen LogP contribution in [0.4, 0.5) is 10.5 Å². The number of ether oxygens (including phenoxy) is 1. The molecule has 3 N–H and O–H groups in total. The van der Waals surface area contributed by atoms with Crippen LogP contribution in [-0.4, -0.2) is 35.7 Å². The van der Waals surface area contributed by atoms with Crippen LogP contribution < -0.4 is 10.6 Å². The van der Waals surface area contributed by atoms with E-state index >= 15 is 0 Å². The number of carbonyl (C=O) groups is 3. The lowest BCUT2D eigenvalue weighted by atomic mass is 9.79. The molecule has 5 rings (SSSR count). The zero-order valence-corrected chi connectivity index (χ0v) is 19.1. The van der Waals surface area contributed by atoms with Gasteiger partial charge in [0.25, 0.3) is 5.91 Å². The van der Waals surface area contributed by atoms with E-state index in [1.165, 1.54) is 0 Å². The van der Waals surface area contributed by atoms with Crippen LogP contribution in [0.5, 0.6) is 0 Å². The number of benzene rings is 3. The molecule has 2 aliphatic carbocycles. The van der Waals surface area contributed by atoms with Crippen molar-refractivity contribution in [1.82, 2.24) is 5.32 Å². The Morgan fingerprint density at radius 1 is 0.886 bits per heavy atom. The van der Waals surface area contributed by atoms with Crippen LogP contribution in [0.2, 0.25) is 0 Å². The monoisotopic (exact) mass is 470 g/mol. The molecule has 0 bridgehead atoms. The lowest BCUT2D eigenvalue weighted by Gasteiger charge is -2.31. The molecule has 0 spiro atoms. The molecule has 0 heterocycles. The number of amides is 2. The van der Waals surface area contributed by atoms with Gasteiger partial charge in [-0.05, 0) is 53.1 Å². The van der Waals surface area contributed by atoms with Crippen molar-refractivity contribution >= 4 is 23.7 Å². The summed E-state index contributed by atoms with van der Waals surface area (Å²) in [5, 5.41) is 14.8. The minimum Gasteiger partial charge on any atom is -0.480 e. The first-order valence-electron chi connectivity index (χ1n) is 11.8. The van der Waals surface area contributed by atoms with Gasteiger partial charge in [0.1, 0.15) is 12.6 Å². The standard InChI is InChI=1S/C28H26N2O5/c31-26(30-25(27(32)33)17-8-7-9-17)22-14-5-6-15-24(22)29-28(34)35-16-23-20-12-3-1-10-18(20)19-11-2-4-13-21(19)23/h1-6,10-15,17,23,25H,7-9,16H2,(H,29,34)(H,30,31)(H,32,33). The third-order valence-electron chi connectivity index (χ3n) is 6.93. The van der Waals surface area contributed by atoms with Crippen LogP contribution in [0.3, 0.4) is 0 Å². The molecular formula is C28H26N2O5. The van der Waals surface area contributed by atoms with Gasteiger partial charge in [-0.15, -0.1) is 0 Å². The van der Waals surface area contributed by atoms with E-state index in [9.17, 15) is 19.5 Å². The maximum Gasteiger partial charge on any atom is 0.411 e. The minimum atomic E-state index is -1.05. The Hall–Kier alpha value is -4.13. The van der Waals surface area contributed by atoms with E-state index in [2.05, 4.69) is 22.8 Å². The number of carbonyl (C=O) groups excluding carboxylic acids is 2. The Morgan fingerprint density at radius 2 is 1.49 bits per heavy atom. The zero-order chi connectivity index (χ0) is 24.4. The lowest BCUT2D eigenvalue weighted by Crippen LogP contribution is -2.48. The largest absolute Gasteiger partial charge is 0.480 e. The van der Waals surface area contributed by atoms with Gasteiger partial charge in [0, 0.05) is 5.92 Å². The number of para-hydroxylation sites is 1. The third-order valence-corrected chi connectivity index (χ3v) is 6.93. The van der Waals surface area contributed by atoms with E-state index in [4.69, 9.17) is 4.74 Å². The number of carboxylic acids is 1. The maximum atomic E-state index is 12.9. The summed E-state index contributed by atoms with van der Waals surface area (Å²) in [4.78, 5) is 37.2. The Kier molecular flexibility index (Phi) is 6.23. The number of rotatable bonds is 7. The molecule has 3 aromatic rings. The summed E-state index contributed by atoms with van der Waals surface area (Å²) < 4.78 is 5.59. The normalized spacial score (nSPS) is 15.3. The van der Waals surface area contributed by atoms with Gasteiger partial charge in [0.15, 0.2) is 0 Å². The topological polar surface area (TPSA) is 105 Å². The van der Waals surface area contributed by atoms with Crippen molar-refractivity contribution in [2.24, 2.45) is 5.92 Å². The summed E-state index contributed by atoms with van der Waals surface area (Å²) in [6.07, 6.45) is 1.83. The van der Waals surface area contributed by atoms with E-state index < -0.39 is 24.0 Å². The van der Waals surface area contributed by atoms with Crippen molar-refractivity contribution in [3.05, 3.63) is 89.5 Å². The van der Waals surface area contributed by atoms with Crippen molar-refractivity contribution in [2.45, 2.75) is 31.2 Å². The third kappa shape index (κ3) is 4.49. The molecule has 2 amide bonds. The number of hydrogen-bond acceptors (Lipinski definition) is 4. The highest BCUT2D eigenvalue weighted by Gasteiger charge is 2.34. The molecule has 1 atom stereocenters. The van der Waals surface area contributed by atoms with E-state index in [1.807, 2.05) is 36.4 Å². The fourth-order valence-corrected chi connectivity index (χ4v) is 4.91. The fraction of sp³-hybridized carbons (Fsp3) is 0.250. The highest BCUT2D eigenvalue weighted by Crippen LogP contribution is 2.44. The number of hydrogen-bond donors (Lipinski definition) is 3. The minimum absolute atomic E-state index is 0.0706. The number of aliphatic carboxylic acids is 1. The van der Waals surface area contributed by atoms with E-state index in [-0.39, 0.29) is 29.7 Å². The van der Waals surface area contributed by atoms with Gasteiger partial charge < -0.3 is 15.2 Å². The molecule has 178 valence electrons. The van der Waals surface area contributed by atoms with E-state index in [0.29, 0.717) is 0 Å². The van der Waals surface area contributed by atoms with Gasteiger partial charge in [-0.2, -0.15) is 0 Å². The molecule has 7 nitrogen and oxygen atoms in total. The number of anilines is 1. The molecule has 1 unspecified atom stereocenters. The second-order valence-electron chi connectivity index (χ2n) is 8.98. The van der Waals surface area contributed by atoms with Crippen molar-refractivity contribution in [2.75, 3.05) is 11.9 Å². The van der Waals surface area contributed by atoms with Gasteiger partial charge in [0.05, 0.1) is 11.3 Å². The van der Waals surface area contributed by atoms with Crippen molar-refractivity contribution < 1.29 is 24.2 Å². The zero-order valence-electron chi connectivity index (χ0n) is 19.1. The van der Waals surface area contributed by atoms with E-state index in [1.54, 1.807) is 24.3 Å². The summed E-state index contributed by atoms with van der Waals surface area (Å²) in [7, 11) is 0. The highest BCUT2D eigenvalue weighted by molar-refractivity contribution is 6.03. The fourth-order valence-electron chi connectivity index (χ4n) is 4.91. The van der Waals surface area contributed by atoms with Gasteiger partial charge in [-0.3, -0.25) is 10.1 Å². The molecule has 2 aliphatic rings. The van der Waals surface area contributed by atoms with Crippen LogP contribution in [0, 0.1) is 5.92 Å². The first-order chi connectivity index (χ1) is 17.0. The Labute approximate surface area is 203 Å². The van der Waals surface area contributed by atoms with Crippen LogP contribution in [-0.2, 0) is 9.53 Å². The molecule has 3 aromatic carbocycles. The Balaban J connectivity index is 1.27. The van der Waals surface area contributed by atoms with Gasteiger partial charge in [-0.25, -0.2) is 9.59 Å². The highest BCUT2D eigenvalue weighted by atomic mass is 16.5. The summed E-state index contributed by atoms with van der Waals surface area (Å²) >= 11 is 0. The second kappa shape index (κ2) is 9.62. The summed E-state index contributed by atoms with van der Waals surface area (Å²) in [5.41, 5.74) is 4.94. The van der Waals surface area contributed by atoms with Crippen molar-refractivity contribution in [3.63, 3.8) is 0 Å². The molecule has 7 heteroatoms. The molecular weight excluding hydrogens is 444 g/mol. The molecule has 0 aromatic heterocycles. The Morgan fingerprint density at radius 3 is 2.09 bits per heavy atom. The van der Waals surface area contributed by atoms with Crippen LogP contribution >= 0.6 is 0 Å². The van der Waals surface area contributed by atoms with Crippen molar-refractivity contribution in [3.8, 4) is 11.1 Å². The molecule has 0 saturated heterocycles. The van der Waals surface area contributed by atoms with Gasteiger partial charge in [-0.1, -0.05) is 67.1 Å². The summed E-state index contributed by atoms with van der Waals surface area (Å²) in [6.45, 7) is 0.150. The lowest BCUT2D eigenvalue weighted by molar-refractivity contribution is -0.141. The number of carboxylic acid groups (broad SMARTS) is 1. The number of fused-ring (bicyclic) bond motifs is 3. The summed E-state index contributed by atoms with van der Waals surface area (Å²) in [5.74, 6) is -1.74. The predicted octanol–water partition coefficient (Wildman–Crippen LogP) is 5.03. The first kappa shape index (κ1) is 22.7. The number of nitrogens with one attached hydrogen (secondary N) is 2. The quantitative estimate of drug-likeness (QED) is 0.449. The SMILES string of the molecule is O=C(Nc1ccccc1C(=O)NC(C(=O)O)C1CCC1)OCC1c2ccccc2-c2ccccc21. The molecule has 1 saturated carbocycles. The molecule has 1 fully saturated rings. The van der Waals surface area contributed by atoms with Gasteiger partial charge >= 0.3 is 12.1 Å². The molecule has 0 aliphatic heterocycles. The second-order valence-corrected chi connectivity index (χ2v) is 8.98. The average Bonchev–Trinajstić information content (AvgIpc) is 3.15. The van der Waals surface area contributed by atoms with Crippen LogP contribution in [0.15, 0.2) is 72.8 Å². The van der Waals surface area contributed by atoms with Gasteiger partial charge in [0.2, 0.25) is 0 Å². The summed E-state index contributed by atoms with van der Waals surface area (Å²) in [6, 6.07) is 21.7. The Bertz CT molecular complexity index is 1240. The average molecular weight is 471 g/mol. The van der Waals surface area contributed by atoms with Crippen molar-refractivity contribution in [1.29, 1.82) is 0 Å². The predicted molar refractivity (Wildman–Crippen MR) is 131 cm³/mol. The molecule has 35 heavy (non-hydrogen) atoms. The first-order valence-corrected chi connectivity index (χ1v) is 11.8.